The van der Waals surface area contributed by atoms with Crippen LogP contribution in [0, 0.1) is 0 Å². The van der Waals surface area contributed by atoms with E-state index in [4.69, 9.17) is 5.11 Å². The van der Waals surface area contributed by atoms with Crippen LogP contribution in [0.3, 0.4) is 0 Å². The zero-order chi connectivity index (χ0) is 14.8. The molecule has 20 heavy (non-hydrogen) atoms. The standard InChI is InChI=1S/C12H17N3O4S/c1-2-5-15(6-7-16)20(18,19)9-3-4-10-11(8-9)14-12(17)13-10/h3-4,8,16H,2,5-7H2,1H3,(H2,13,14,17). The van der Waals surface area contributed by atoms with Crippen LogP contribution in [0.4, 0.5) is 0 Å². The summed E-state index contributed by atoms with van der Waals surface area (Å²) in [5.74, 6) is 0. The van der Waals surface area contributed by atoms with Gasteiger partial charge in [-0.1, -0.05) is 6.92 Å². The predicted molar refractivity (Wildman–Crippen MR) is 75.1 cm³/mol. The number of aromatic nitrogens is 2. The van der Waals surface area contributed by atoms with E-state index in [0.29, 0.717) is 24.0 Å². The van der Waals surface area contributed by atoms with Crippen LogP contribution >= 0.6 is 0 Å². The van der Waals surface area contributed by atoms with E-state index in [0.717, 1.165) is 0 Å². The smallest absolute Gasteiger partial charge is 0.323 e. The summed E-state index contributed by atoms with van der Waals surface area (Å²) in [6.45, 7) is 2.03. The van der Waals surface area contributed by atoms with Gasteiger partial charge in [-0.05, 0) is 24.6 Å². The minimum atomic E-state index is -3.67. The molecule has 1 aromatic heterocycles. The molecule has 0 aliphatic carbocycles. The predicted octanol–water partition coefficient (Wildman–Crippen LogP) is 0.249. The fourth-order valence-electron chi connectivity index (χ4n) is 2.03. The lowest BCUT2D eigenvalue weighted by atomic mass is 10.3. The Morgan fingerprint density at radius 3 is 2.55 bits per heavy atom. The van der Waals surface area contributed by atoms with Crippen LogP contribution in [0.5, 0.6) is 0 Å². The summed E-state index contributed by atoms with van der Waals surface area (Å²) >= 11 is 0. The van der Waals surface area contributed by atoms with Crippen LogP contribution in [0.15, 0.2) is 27.9 Å². The number of hydrogen-bond acceptors (Lipinski definition) is 4. The summed E-state index contributed by atoms with van der Waals surface area (Å²) in [5, 5.41) is 8.99. The molecular weight excluding hydrogens is 282 g/mol. The Balaban J connectivity index is 2.46. The number of fused-ring (bicyclic) bond motifs is 1. The molecule has 0 spiro atoms. The van der Waals surface area contributed by atoms with Crippen molar-refractivity contribution in [3.8, 4) is 0 Å². The maximum atomic E-state index is 12.5. The zero-order valence-electron chi connectivity index (χ0n) is 11.1. The molecule has 0 saturated carbocycles. The minimum absolute atomic E-state index is 0.0534. The zero-order valence-corrected chi connectivity index (χ0v) is 11.9. The van der Waals surface area contributed by atoms with Crippen LogP contribution in [0.25, 0.3) is 11.0 Å². The van der Waals surface area contributed by atoms with Gasteiger partial charge in [0.2, 0.25) is 10.0 Å². The second-order valence-electron chi connectivity index (χ2n) is 4.41. The molecule has 2 rings (SSSR count). The van der Waals surface area contributed by atoms with Gasteiger partial charge in [-0.25, -0.2) is 13.2 Å². The molecule has 0 radical (unpaired) electrons. The Kier molecular flexibility index (Phi) is 4.26. The number of sulfonamides is 1. The van der Waals surface area contributed by atoms with Gasteiger partial charge in [0.1, 0.15) is 0 Å². The Hall–Kier alpha value is -1.64. The lowest BCUT2D eigenvalue weighted by molar-refractivity contribution is 0.253. The number of H-pyrrole nitrogens is 2. The van der Waals surface area contributed by atoms with Crippen molar-refractivity contribution in [2.75, 3.05) is 19.7 Å². The third kappa shape index (κ3) is 2.77. The fraction of sp³-hybridized carbons (Fsp3) is 0.417. The largest absolute Gasteiger partial charge is 0.395 e. The number of aliphatic hydroxyl groups is 1. The summed E-state index contributed by atoms with van der Waals surface area (Å²) in [5.41, 5.74) is 0.616. The van der Waals surface area contributed by atoms with E-state index >= 15 is 0 Å². The van der Waals surface area contributed by atoms with Crippen molar-refractivity contribution < 1.29 is 13.5 Å². The summed E-state index contributed by atoms with van der Waals surface area (Å²) in [4.78, 5) is 16.4. The van der Waals surface area contributed by atoms with Gasteiger partial charge in [-0.3, -0.25) is 0 Å². The first kappa shape index (κ1) is 14.8. The van der Waals surface area contributed by atoms with Crippen LogP contribution < -0.4 is 5.69 Å². The van der Waals surface area contributed by atoms with E-state index in [-0.39, 0.29) is 23.7 Å². The highest BCUT2D eigenvalue weighted by Crippen LogP contribution is 2.19. The number of rotatable bonds is 6. The fourth-order valence-corrected chi connectivity index (χ4v) is 3.58. The highest BCUT2D eigenvalue weighted by atomic mass is 32.2. The summed E-state index contributed by atoms with van der Waals surface area (Å²) < 4.78 is 26.2. The Morgan fingerprint density at radius 1 is 1.20 bits per heavy atom. The molecule has 110 valence electrons. The monoisotopic (exact) mass is 299 g/mol. The van der Waals surface area contributed by atoms with E-state index in [1.807, 2.05) is 6.92 Å². The van der Waals surface area contributed by atoms with Crippen molar-refractivity contribution in [1.82, 2.24) is 14.3 Å². The van der Waals surface area contributed by atoms with Crippen molar-refractivity contribution >= 4 is 21.1 Å². The second kappa shape index (κ2) is 5.78. The molecular formula is C12H17N3O4S. The summed E-state index contributed by atoms with van der Waals surface area (Å²) in [7, 11) is -3.67. The van der Waals surface area contributed by atoms with E-state index < -0.39 is 10.0 Å². The van der Waals surface area contributed by atoms with Gasteiger partial charge in [0.05, 0.1) is 22.5 Å². The molecule has 0 bridgehead atoms. The molecule has 1 aromatic carbocycles. The van der Waals surface area contributed by atoms with Crippen LogP contribution in [-0.4, -0.2) is 47.5 Å². The molecule has 7 nitrogen and oxygen atoms in total. The molecule has 8 heteroatoms. The molecule has 0 saturated heterocycles. The number of nitrogens with one attached hydrogen (secondary N) is 2. The van der Waals surface area contributed by atoms with Crippen LogP contribution in [0.1, 0.15) is 13.3 Å². The van der Waals surface area contributed by atoms with Gasteiger partial charge in [0.15, 0.2) is 0 Å². The molecule has 1 heterocycles. The first-order valence-electron chi connectivity index (χ1n) is 6.32. The lowest BCUT2D eigenvalue weighted by Crippen LogP contribution is -2.34. The van der Waals surface area contributed by atoms with Gasteiger partial charge >= 0.3 is 5.69 Å². The van der Waals surface area contributed by atoms with Crippen LogP contribution in [-0.2, 0) is 10.0 Å². The maximum absolute atomic E-state index is 12.5. The lowest BCUT2D eigenvalue weighted by Gasteiger charge is -2.20. The Labute approximate surface area is 116 Å². The molecule has 2 aromatic rings. The highest BCUT2D eigenvalue weighted by molar-refractivity contribution is 7.89. The minimum Gasteiger partial charge on any atom is -0.395 e. The molecule has 0 amide bonds. The average molecular weight is 299 g/mol. The van der Waals surface area contributed by atoms with Crippen LogP contribution in [0.2, 0.25) is 0 Å². The molecule has 0 fully saturated rings. The number of imidazole rings is 1. The van der Waals surface area contributed by atoms with Crippen molar-refractivity contribution in [3.05, 3.63) is 28.7 Å². The van der Waals surface area contributed by atoms with Gasteiger partial charge in [-0.15, -0.1) is 0 Å². The first-order chi connectivity index (χ1) is 9.48. The van der Waals surface area contributed by atoms with E-state index in [1.165, 1.54) is 16.4 Å². The number of benzene rings is 1. The molecule has 0 aliphatic rings. The van der Waals surface area contributed by atoms with Gasteiger partial charge in [0.25, 0.3) is 0 Å². The van der Waals surface area contributed by atoms with E-state index in [9.17, 15) is 13.2 Å². The van der Waals surface area contributed by atoms with Gasteiger partial charge < -0.3 is 15.1 Å². The first-order valence-corrected chi connectivity index (χ1v) is 7.76. The SMILES string of the molecule is CCCN(CCO)S(=O)(=O)c1ccc2[nH]c(=O)[nH]c2c1. The summed E-state index contributed by atoms with van der Waals surface area (Å²) in [6, 6.07) is 4.41. The van der Waals surface area contributed by atoms with Crippen molar-refractivity contribution in [3.63, 3.8) is 0 Å². The third-order valence-electron chi connectivity index (χ3n) is 2.95. The molecule has 0 unspecified atom stereocenters. The van der Waals surface area contributed by atoms with Gasteiger partial charge in [-0.2, -0.15) is 4.31 Å². The number of aromatic amines is 2. The second-order valence-corrected chi connectivity index (χ2v) is 6.35. The third-order valence-corrected chi connectivity index (χ3v) is 4.84. The number of nitrogens with zero attached hydrogens (tertiary/aromatic N) is 1. The maximum Gasteiger partial charge on any atom is 0.323 e. The van der Waals surface area contributed by atoms with Gasteiger partial charge in [0, 0.05) is 13.1 Å². The summed E-state index contributed by atoms with van der Waals surface area (Å²) in [6.07, 6.45) is 0.655. The number of aliphatic hydroxyl groups excluding tert-OH is 1. The molecule has 3 N–H and O–H groups in total. The van der Waals surface area contributed by atoms with E-state index in [1.54, 1.807) is 6.07 Å². The topological polar surface area (TPSA) is 106 Å². The highest BCUT2D eigenvalue weighted by Gasteiger charge is 2.23. The Bertz CT molecular complexity index is 741. The van der Waals surface area contributed by atoms with Crippen molar-refractivity contribution in [2.24, 2.45) is 0 Å². The Morgan fingerprint density at radius 2 is 1.90 bits per heavy atom. The molecule has 0 atom stereocenters. The van der Waals surface area contributed by atoms with E-state index in [2.05, 4.69) is 9.97 Å². The quantitative estimate of drug-likeness (QED) is 0.710. The average Bonchev–Trinajstić information content (AvgIpc) is 2.77. The van der Waals surface area contributed by atoms with Crippen molar-refractivity contribution in [1.29, 1.82) is 0 Å². The molecule has 0 aliphatic heterocycles. The normalized spacial score (nSPS) is 12.3. The van der Waals surface area contributed by atoms with Crippen molar-refractivity contribution in [2.45, 2.75) is 18.2 Å². The number of hydrogen-bond donors (Lipinski definition) is 3.